The lowest BCUT2D eigenvalue weighted by atomic mass is 9.89. The average molecular weight is 248 g/mol. The number of benzene rings is 1. The van der Waals surface area contributed by atoms with Crippen molar-refractivity contribution < 1.29 is 5.11 Å². The Morgan fingerprint density at radius 2 is 2.11 bits per heavy atom. The second-order valence-electron chi connectivity index (χ2n) is 5.89. The zero-order valence-electron chi connectivity index (χ0n) is 11.6. The zero-order chi connectivity index (χ0) is 13.3. The van der Waals surface area contributed by atoms with E-state index in [4.69, 9.17) is 5.73 Å². The van der Waals surface area contributed by atoms with Crippen LogP contribution in [0.5, 0.6) is 0 Å². The van der Waals surface area contributed by atoms with Crippen molar-refractivity contribution in [1.29, 1.82) is 0 Å². The van der Waals surface area contributed by atoms with Gasteiger partial charge in [-0.25, -0.2) is 0 Å². The number of para-hydroxylation sites is 1. The van der Waals surface area contributed by atoms with Crippen molar-refractivity contribution in [3.63, 3.8) is 0 Å². The molecule has 1 aliphatic rings. The Balaban J connectivity index is 2.24. The highest BCUT2D eigenvalue weighted by molar-refractivity contribution is 5.57. The minimum absolute atomic E-state index is 0.126. The van der Waals surface area contributed by atoms with Gasteiger partial charge in [0.15, 0.2) is 0 Å². The molecule has 2 rings (SSSR count). The molecule has 100 valence electrons. The molecular formula is C15H24N2O. The normalized spacial score (nSPS) is 22.8. The van der Waals surface area contributed by atoms with Crippen LogP contribution < -0.4 is 10.6 Å². The first kappa shape index (κ1) is 13.4. The molecule has 3 N–H and O–H groups in total. The van der Waals surface area contributed by atoms with Gasteiger partial charge < -0.3 is 15.7 Å². The number of hydrogen-bond donors (Lipinski definition) is 2. The van der Waals surface area contributed by atoms with Crippen molar-refractivity contribution in [3.05, 3.63) is 29.8 Å². The van der Waals surface area contributed by atoms with Crippen molar-refractivity contribution in [3.8, 4) is 0 Å². The van der Waals surface area contributed by atoms with E-state index in [1.165, 1.54) is 11.3 Å². The van der Waals surface area contributed by atoms with Gasteiger partial charge in [0.2, 0.25) is 0 Å². The molecule has 1 aromatic carbocycles. The highest BCUT2D eigenvalue weighted by atomic mass is 16.3. The number of hydrogen-bond acceptors (Lipinski definition) is 3. The summed E-state index contributed by atoms with van der Waals surface area (Å²) < 4.78 is 0. The maximum Gasteiger partial charge on any atom is 0.0816 e. The van der Waals surface area contributed by atoms with Crippen LogP contribution in [0.25, 0.3) is 0 Å². The number of β-amino-alcohol motifs (C(OH)–C–C–N with tert-alkyl or cyclic N) is 1. The van der Waals surface area contributed by atoms with Gasteiger partial charge in [-0.3, -0.25) is 0 Å². The van der Waals surface area contributed by atoms with Gasteiger partial charge in [0.1, 0.15) is 0 Å². The summed E-state index contributed by atoms with van der Waals surface area (Å²) >= 11 is 0. The minimum Gasteiger partial charge on any atom is -0.388 e. The maximum absolute atomic E-state index is 10.5. The molecule has 0 amide bonds. The Labute approximate surface area is 110 Å². The molecule has 3 nitrogen and oxygen atoms in total. The predicted molar refractivity (Wildman–Crippen MR) is 75.7 cm³/mol. The lowest BCUT2D eigenvalue weighted by Gasteiger charge is -2.40. The van der Waals surface area contributed by atoms with Crippen LogP contribution >= 0.6 is 0 Å². The molecule has 0 fully saturated rings. The third-order valence-electron chi connectivity index (χ3n) is 4.14. The van der Waals surface area contributed by atoms with Crippen LogP contribution in [0.1, 0.15) is 38.8 Å². The van der Waals surface area contributed by atoms with Gasteiger partial charge in [-0.05, 0) is 30.9 Å². The summed E-state index contributed by atoms with van der Waals surface area (Å²) in [6.45, 7) is 7.60. The second kappa shape index (κ2) is 4.90. The molecule has 2 atom stereocenters. The molecule has 0 aromatic heterocycles. The predicted octanol–water partition coefficient (Wildman–Crippen LogP) is 2.30. The van der Waals surface area contributed by atoms with E-state index in [-0.39, 0.29) is 12.0 Å². The number of fused-ring (bicyclic) bond motifs is 1. The van der Waals surface area contributed by atoms with Crippen LogP contribution in [-0.4, -0.2) is 23.8 Å². The van der Waals surface area contributed by atoms with E-state index in [1.54, 1.807) is 0 Å². The quantitative estimate of drug-likeness (QED) is 0.863. The molecular weight excluding hydrogens is 224 g/mol. The van der Waals surface area contributed by atoms with Gasteiger partial charge in [-0.2, -0.15) is 0 Å². The fourth-order valence-electron chi connectivity index (χ4n) is 2.39. The van der Waals surface area contributed by atoms with Crippen molar-refractivity contribution in [1.82, 2.24) is 0 Å². The van der Waals surface area contributed by atoms with Gasteiger partial charge in [0.05, 0.1) is 5.60 Å². The fourth-order valence-corrected chi connectivity index (χ4v) is 2.39. The third kappa shape index (κ3) is 2.52. The van der Waals surface area contributed by atoms with Crippen LogP contribution in [0.4, 0.5) is 5.69 Å². The summed E-state index contributed by atoms with van der Waals surface area (Å²) in [5.41, 5.74) is 7.85. The maximum atomic E-state index is 10.5. The molecule has 0 bridgehead atoms. The van der Waals surface area contributed by atoms with E-state index in [2.05, 4.69) is 30.9 Å². The minimum atomic E-state index is -0.672. The van der Waals surface area contributed by atoms with Crippen molar-refractivity contribution in [2.24, 2.45) is 11.7 Å². The molecule has 0 spiro atoms. The van der Waals surface area contributed by atoms with Gasteiger partial charge in [0.25, 0.3) is 0 Å². The monoisotopic (exact) mass is 248 g/mol. The molecule has 1 heterocycles. The largest absolute Gasteiger partial charge is 0.388 e. The Kier molecular flexibility index (Phi) is 3.64. The summed E-state index contributed by atoms with van der Waals surface area (Å²) in [4.78, 5) is 2.26. The van der Waals surface area contributed by atoms with Gasteiger partial charge >= 0.3 is 0 Å². The summed E-state index contributed by atoms with van der Waals surface area (Å²) in [7, 11) is 0. The first-order valence-corrected chi connectivity index (χ1v) is 6.73. The zero-order valence-corrected chi connectivity index (χ0v) is 11.6. The molecule has 3 heteroatoms. The topological polar surface area (TPSA) is 49.5 Å². The van der Waals surface area contributed by atoms with E-state index in [0.29, 0.717) is 6.54 Å². The Morgan fingerprint density at radius 3 is 2.78 bits per heavy atom. The lowest BCUT2D eigenvalue weighted by Crippen LogP contribution is -2.47. The Hall–Kier alpha value is -1.06. The van der Waals surface area contributed by atoms with E-state index in [9.17, 15) is 5.11 Å². The van der Waals surface area contributed by atoms with E-state index < -0.39 is 5.60 Å². The van der Waals surface area contributed by atoms with Crippen molar-refractivity contribution in [2.45, 2.75) is 38.8 Å². The van der Waals surface area contributed by atoms with Crippen LogP contribution in [0.2, 0.25) is 0 Å². The third-order valence-corrected chi connectivity index (χ3v) is 4.14. The van der Waals surface area contributed by atoms with Crippen LogP contribution in [0.3, 0.4) is 0 Å². The number of rotatable bonds is 3. The van der Waals surface area contributed by atoms with E-state index in [0.717, 1.165) is 13.0 Å². The molecule has 0 aliphatic carbocycles. The number of anilines is 1. The molecule has 2 unspecified atom stereocenters. The number of nitrogens with two attached hydrogens (primary N) is 1. The fraction of sp³-hybridized carbons (Fsp3) is 0.600. The van der Waals surface area contributed by atoms with Crippen molar-refractivity contribution in [2.75, 3.05) is 18.0 Å². The Morgan fingerprint density at radius 1 is 1.44 bits per heavy atom. The van der Waals surface area contributed by atoms with Crippen LogP contribution in [0, 0.1) is 5.92 Å². The van der Waals surface area contributed by atoms with Crippen molar-refractivity contribution >= 4 is 5.69 Å². The summed E-state index contributed by atoms with van der Waals surface area (Å²) in [5, 5.41) is 10.5. The smallest absolute Gasteiger partial charge is 0.0816 e. The lowest BCUT2D eigenvalue weighted by molar-refractivity contribution is 0.0202. The molecule has 1 aromatic rings. The molecule has 18 heavy (non-hydrogen) atoms. The summed E-state index contributed by atoms with van der Waals surface area (Å²) in [5.74, 6) is 0.236. The Bertz CT molecular complexity index is 415. The van der Waals surface area contributed by atoms with Crippen LogP contribution in [0.15, 0.2) is 24.3 Å². The SMILES string of the molecule is CC(C)C(C)(O)CN1CCC(N)c2ccccc21. The highest BCUT2D eigenvalue weighted by Crippen LogP contribution is 2.33. The molecule has 1 aliphatic heterocycles. The molecule has 0 saturated heterocycles. The van der Waals surface area contributed by atoms with Gasteiger partial charge in [-0.15, -0.1) is 0 Å². The summed E-state index contributed by atoms with van der Waals surface area (Å²) in [6, 6.07) is 8.39. The van der Waals surface area contributed by atoms with E-state index in [1.807, 2.05) is 19.1 Å². The standard InChI is InChI=1S/C15H24N2O/c1-11(2)15(3,18)10-17-9-8-13(16)12-6-4-5-7-14(12)17/h4-7,11,13,18H,8-10,16H2,1-3H3. The van der Waals surface area contributed by atoms with E-state index >= 15 is 0 Å². The van der Waals surface area contributed by atoms with Crippen LogP contribution in [-0.2, 0) is 0 Å². The van der Waals surface area contributed by atoms with Gasteiger partial charge in [-0.1, -0.05) is 32.0 Å². The first-order valence-electron chi connectivity index (χ1n) is 6.73. The highest BCUT2D eigenvalue weighted by Gasteiger charge is 2.31. The number of nitrogens with zero attached hydrogens (tertiary/aromatic N) is 1. The average Bonchev–Trinajstić information content (AvgIpc) is 2.33. The van der Waals surface area contributed by atoms with Gasteiger partial charge in [0, 0.05) is 24.8 Å². The molecule has 0 saturated carbocycles. The summed E-state index contributed by atoms with van der Waals surface area (Å²) in [6.07, 6.45) is 0.950. The number of aliphatic hydroxyl groups is 1. The second-order valence-corrected chi connectivity index (χ2v) is 5.89. The first-order chi connectivity index (χ1) is 8.42. The molecule has 0 radical (unpaired) electrons.